The molecule has 25 nitrogen and oxygen atoms in total. The number of carbonyl (C=O) groups is 11. The fourth-order valence-corrected chi connectivity index (χ4v) is 24.2. The van der Waals surface area contributed by atoms with Crippen molar-refractivity contribution in [1.82, 2.24) is 0 Å². The number of esters is 6. The molecule has 11 fully saturated rings. The molecule has 0 aromatic heterocycles. The molecule has 0 bridgehead atoms. The minimum absolute atomic E-state index is 0. The average molecular weight is 1730 g/mol. The minimum atomic E-state index is -1.46. The number of carboxylic acids is 4. The van der Waals surface area contributed by atoms with E-state index < -0.39 is 46.8 Å². The third kappa shape index (κ3) is 22.7. The monoisotopic (exact) mass is 1730 g/mol. The van der Waals surface area contributed by atoms with Crippen LogP contribution in [0.25, 0.3) is 5.53 Å². The van der Waals surface area contributed by atoms with E-state index in [1.54, 1.807) is 13.8 Å². The maximum atomic E-state index is 13.4. The Balaban J connectivity index is 0.000000313. The molecule has 2 radical (unpaired) electrons. The Bertz CT molecular complexity index is 3290. The number of Topliss-reactive ketones (excluding diaryl/α,β-unsaturated/α-hetero) is 1. The molecule has 0 aliphatic heterocycles. The summed E-state index contributed by atoms with van der Waals surface area (Å²) >= 11 is 0. The predicted octanol–water partition coefficient (Wildman–Crippen LogP) is 14.3. The van der Waals surface area contributed by atoms with Gasteiger partial charge in [0, 0.05) is 104 Å². The molecular weight excluding hydrogens is 1600 g/mol. The van der Waals surface area contributed by atoms with Crippen molar-refractivity contribution in [2.24, 2.45) is 111 Å². The molecule has 11 saturated carbocycles. The number of ether oxygens (including phenoxy) is 6. The van der Waals surface area contributed by atoms with E-state index >= 15 is 0 Å². The first-order valence-electron chi connectivity index (χ1n) is 40.2. The first-order chi connectivity index (χ1) is 50.4. The van der Waals surface area contributed by atoms with Crippen molar-refractivity contribution in [3.05, 3.63) is 16.9 Å². The summed E-state index contributed by atoms with van der Waals surface area (Å²) in [5.41, 5.74) is 6.34. The molecule has 12 aliphatic carbocycles. The van der Waals surface area contributed by atoms with Crippen LogP contribution in [0.3, 0.4) is 0 Å². The van der Waals surface area contributed by atoms with Gasteiger partial charge in [0.05, 0.1) is 25.4 Å². The Morgan fingerprint density at radius 1 is 0.427 bits per heavy atom. The molecule has 27 heteroatoms. The van der Waals surface area contributed by atoms with Crippen LogP contribution < -0.4 is 0 Å². The normalized spacial score (nSPS) is 38.2. The van der Waals surface area contributed by atoms with Gasteiger partial charge in [0.15, 0.2) is 11.4 Å². The summed E-state index contributed by atoms with van der Waals surface area (Å²) in [5, 5.41) is 52.5. The summed E-state index contributed by atoms with van der Waals surface area (Å²) in [6.07, 6.45) is 26.3. The van der Waals surface area contributed by atoms with E-state index in [9.17, 15) is 49.3 Å². The number of aliphatic carboxylic acids is 4. The van der Waals surface area contributed by atoms with Crippen LogP contribution in [-0.4, -0.2) is 149 Å². The number of allylic oxidation sites excluding steroid dienone is 1. The molecule has 0 aromatic carbocycles. The zero-order valence-electron chi connectivity index (χ0n) is 68.1. The summed E-state index contributed by atoms with van der Waals surface area (Å²) in [6, 6.07) is 0. The third-order valence-electron chi connectivity index (χ3n) is 28.0. The molecule has 0 aromatic rings. The number of fused-ring (bicyclic) bond motifs is 15. The maximum absolute atomic E-state index is 13.4. The van der Waals surface area contributed by atoms with Gasteiger partial charge in [-0.05, 0) is 304 Å². The maximum Gasteiger partial charge on any atom is 0.420 e. The molecule has 0 saturated heterocycles. The molecular formula is C83H130N2O23Rh2. The van der Waals surface area contributed by atoms with Crippen molar-refractivity contribution in [3.8, 4) is 0 Å². The van der Waals surface area contributed by atoms with Crippen LogP contribution in [0.1, 0.15) is 284 Å². The van der Waals surface area contributed by atoms with Crippen LogP contribution in [0, 0.1) is 111 Å². The molecule has 0 amide bonds. The van der Waals surface area contributed by atoms with Crippen LogP contribution in [0.15, 0.2) is 11.3 Å². The quantitative estimate of drug-likeness (QED) is 0.0225. The van der Waals surface area contributed by atoms with E-state index in [0.717, 1.165) is 156 Å². The smallest absolute Gasteiger partial charge is 0.420 e. The molecule has 12 rings (SSSR count). The molecule has 12 aliphatic rings. The second kappa shape index (κ2) is 40.7. The fourth-order valence-electron chi connectivity index (χ4n) is 24.2. The number of carbonyl (C=O) groups excluding carboxylic acids is 7. The van der Waals surface area contributed by atoms with E-state index in [1.807, 2.05) is 6.92 Å². The number of carboxylic acid groups (broad SMARTS) is 4. The number of rotatable bonds is 10. The van der Waals surface area contributed by atoms with Crippen LogP contribution in [-0.2, 0) is 120 Å². The Morgan fingerprint density at radius 3 is 1.15 bits per heavy atom. The van der Waals surface area contributed by atoms with Gasteiger partial charge < -0.3 is 64.6 Å². The SMILES string of the molecule is CC(=O)O.CC(=O)O.CC(=O)O.CC(=O)O.CCOC(=O)C(=[N+]=[N-])C1(O)CC[C@H]2[C@@H]3CC[C@@H]4C[C@](C)(OC(C)=O)CC[C@@H]4[C@H]3CC[C@@]21C.CCOC(=O)C1=C(O)[C@@]2(C)CC[C@H]3[C@@H](CC[C@@H]4C[C@](C)(OC(C)=O)CC[C@@H]43)[C@@H]2CC1.CCOC(=O)C1CC[C@H]2[C@@H]3CC[C@@H]4C[C@](C)(OC(C)=O)CC[C@@H]4[C@H]3CC[C@]2(C)C1=O.[Rh].[Rh]. The Hall–Kier alpha value is -5.50. The Labute approximate surface area is 677 Å². The molecule has 0 heterocycles. The standard InChI is InChI=1S/C25H38N2O5.2C25H38O5.4C2H4O2.2Rh/c1-5-31-22(29)21(27-26)25(30)13-10-20-19-7-6-16-14-23(3,32-15(2)28)11-8-17(16)18(19)9-12-24(20,25)4;2*1-5-29-23(28)20-8-9-21-19-7-6-16-14-24(3,30-15(2)26)12-10-17(16)18(19)11-13-25(21,4)22(20)27;4*1-2(3)4;;/h16-20,30H,5-14H2,1-4H3;16-19,21,27H,5-14H2,1-4H3;16-21H,5-14H2,1-4H3;4*1H3,(H,3,4);;/t16-,17+,18-,19-,20+,23-,24+,25?;16-,17+,18-,19-,21+,24-,25+;16-,17+,18-,19-,20?,21+,24-,25+;;;;;;/m111....../s1. The fraction of sp³-hybridized carbons (Fsp3) is 0.831. The van der Waals surface area contributed by atoms with E-state index in [-0.39, 0.29) is 115 Å². The van der Waals surface area contributed by atoms with Gasteiger partial charge in [-0.15, -0.1) is 0 Å². The van der Waals surface area contributed by atoms with Gasteiger partial charge in [-0.2, -0.15) is 4.79 Å². The minimum Gasteiger partial charge on any atom is -0.511 e. The summed E-state index contributed by atoms with van der Waals surface area (Å²) in [6.45, 7) is 27.7. The second-order valence-corrected chi connectivity index (χ2v) is 35.0. The van der Waals surface area contributed by atoms with Crippen LogP contribution >= 0.6 is 0 Å². The number of hydrogen-bond acceptors (Lipinski definition) is 19. The van der Waals surface area contributed by atoms with Crippen LogP contribution in [0.2, 0.25) is 0 Å². The first-order valence-corrected chi connectivity index (χ1v) is 40.2. The average Bonchev–Trinajstić information content (AvgIpc) is 1.39. The molecule has 110 heavy (non-hydrogen) atoms. The van der Waals surface area contributed by atoms with Gasteiger partial charge in [0.1, 0.15) is 28.5 Å². The zero-order chi connectivity index (χ0) is 81.0. The van der Waals surface area contributed by atoms with Gasteiger partial charge in [-0.25, -0.2) is 9.59 Å². The Kier molecular flexibility index (Phi) is 35.8. The van der Waals surface area contributed by atoms with Crippen molar-refractivity contribution in [1.29, 1.82) is 0 Å². The molecule has 2 unspecified atom stereocenters. The van der Waals surface area contributed by atoms with Crippen molar-refractivity contribution < 1.29 is 156 Å². The second-order valence-electron chi connectivity index (χ2n) is 35.0. The summed E-state index contributed by atoms with van der Waals surface area (Å²) in [7, 11) is 0. The largest absolute Gasteiger partial charge is 0.511 e. The third-order valence-corrected chi connectivity index (χ3v) is 28.0. The predicted molar refractivity (Wildman–Crippen MR) is 397 cm³/mol. The number of aliphatic hydroxyl groups is 2. The number of hydrogen-bond donors (Lipinski definition) is 6. The van der Waals surface area contributed by atoms with Crippen molar-refractivity contribution in [2.75, 3.05) is 19.8 Å². The van der Waals surface area contributed by atoms with Crippen molar-refractivity contribution in [2.45, 2.75) is 307 Å². The summed E-state index contributed by atoms with van der Waals surface area (Å²) < 4.78 is 32.6. The van der Waals surface area contributed by atoms with Gasteiger partial charge in [0.25, 0.3) is 23.9 Å². The zero-order valence-corrected chi connectivity index (χ0v) is 71.4. The van der Waals surface area contributed by atoms with Crippen LogP contribution in [0.5, 0.6) is 0 Å². The Morgan fingerprint density at radius 2 is 0.782 bits per heavy atom. The van der Waals surface area contributed by atoms with E-state index in [2.05, 4.69) is 46.3 Å². The topological polar surface area (TPSA) is 401 Å². The molecule has 628 valence electrons. The van der Waals surface area contributed by atoms with Crippen molar-refractivity contribution in [3.63, 3.8) is 0 Å². The molecule has 6 N–H and O–H groups in total. The summed E-state index contributed by atoms with van der Waals surface area (Å²) in [4.78, 5) is 125. The summed E-state index contributed by atoms with van der Waals surface area (Å²) in [5.74, 6) is 3.35. The van der Waals surface area contributed by atoms with Crippen LogP contribution in [0.4, 0.5) is 0 Å². The number of aliphatic hydroxyl groups excluding tert-OH is 1. The number of ketones is 1. The van der Waals surface area contributed by atoms with Gasteiger partial charge in [0.2, 0.25) is 0 Å². The first kappa shape index (κ1) is 96.9. The molecule has 23 atom stereocenters. The molecule has 0 spiro atoms. The van der Waals surface area contributed by atoms with E-state index in [0.29, 0.717) is 133 Å². The van der Waals surface area contributed by atoms with Crippen molar-refractivity contribution >= 4 is 71.2 Å². The van der Waals surface area contributed by atoms with Gasteiger partial charge >= 0.3 is 41.5 Å². The van der Waals surface area contributed by atoms with E-state index in [1.165, 1.54) is 46.5 Å². The van der Waals surface area contributed by atoms with Gasteiger partial charge in [-0.3, -0.25) is 43.2 Å². The van der Waals surface area contributed by atoms with Gasteiger partial charge in [-0.1, -0.05) is 20.8 Å². The van der Waals surface area contributed by atoms with E-state index in [4.69, 9.17) is 68.0 Å². The number of nitrogens with zero attached hydrogens (tertiary/aromatic N) is 2.